The van der Waals surface area contributed by atoms with Crippen LogP contribution in [0.5, 0.6) is 0 Å². The first-order chi connectivity index (χ1) is 11.4. The van der Waals surface area contributed by atoms with Crippen LogP contribution in [0, 0.1) is 18.8 Å². The van der Waals surface area contributed by atoms with Gasteiger partial charge in [0.2, 0.25) is 10.0 Å². The number of sulfonamides is 1. The molecule has 0 N–H and O–H groups in total. The van der Waals surface area contributed by atoms with E-state index in [-0.39, 0.29) is 18.0 Å². The lowest BCUT2D eigenvalue weighted by molar-refractivity contribution is 0.478. The first-order valence-corrected chi connectivity index (χ1v) is 9.17. The molecule has 2 aromatic rings. The largest absolute Gasteiger partial charge is 0.244 e. The van der Waals surface area contributed by atoms with Crippen LogP contribution in [0.1, 0.15) is 11.1 Å². The van der Waals surface area contributed by atoms with Gasteiger partial charge in [0.25, 0.3) is 0 Å². The summed E-state index contributed by atoms with van der Waals surface area (Å²) < 4.78 is 26.7. The summed E-state index contributed by atoms with van der Waals surface area (Å²) in [6.45, 7) is 5.83. The Hall–Kier alpha value is -2.06. The molecule has 0 atom stereocenters. The van der Waals surface area contributed by atoms with E-state index in [1.165, 1.54) is 4.31 Å². The highest BCUT2D eigenvalue weighted by atomic mass is 35.5. The van der Waals surface area contributed by atoms with Crippen LogP contribution in [0.4, 0.5) is 0 Å². The van der Waals surface area contributed by atoms with Crippen molar-refractivity contribution in [1.82, 2.24) is 4.31 Å². The van der Waals surface area contributed by atoms with Crippen molar-refractivity contribution in [2.24, 2.45) is 0 Å². The summed E-state index contributed by atoms with van der Waals surface area (Å²) in [5.41, 5.74) is 1.79. The van der Waals surface area contributed by atoms with E-state index in [1.807, 2.05) is 6.92 Å². The molecule has 0 spiro atoms. The molecule has 0 heterocycles. The van der Waals surface area contributed by atoms with E-state index in [1.54, 1.807) is 54.6 Å². The summed E-state index contributed by atoms with van der Waals surface area (Å²) in [4.78, 5) is 0.253. The van der Waals surface area contributed by atoms with Crippen molar-refractivity contribution in [2.75, 3.05) is 13.1 Å². The lowest BCUT2D eigenvalue weighted by Gasteiger charge is -2.18. The number of nitrogens with zero attached hydrogens (tertiary/aromatic N) is 1. The van der Waals surface area contributed by atoms with Crippen molar-refractivity contribution in [3.63, 3.8) is 0 Å². The Morgan fingerprint density at radius 3 is 2.33 bits per heavy atom. The number of hydrogen-bond donors (Lipinski definition) is 0. The molecular weight excluding hydrogens is 342 g/mol. The van der Waals surface area contributed by atoms with E-state index >= 15 is 0 Å². The standard InChI is InChI=1S/C19H18ClNO2S/c1-3-14-21(15-4-5-17-8-10-18(20)11-9-17)24(22,23)19-12-6-16(2)7-13-19/h3,6-13H,1,14-15H2,2H3. The van der Waals surface area contributed by atoms with Crippen molar-refractivity contribution < 1.29 is 8.42 Å². The van der Waals surface area contributed by atoms with Crippen LogP contribution in [0.25, 0.3) is 0 Å². The molecule has 24 heavy (non-hydrogen) atoms. The second-order valence-electron chi connectivity index (χ2n) is 5.21. The number of halogens is 1. The molecule has 0 unspecified atom stereocenters. The maximum absolute atomic E-state index is 12.7. The van der Waals surface area contributed by atoms with Crippen LogP contribution >= 0.6 is 11.6 Å². The zero-order valence-corrected chi connectivity index (χ0v) is 14.9. The van der Waals surface area contributed by atoms with Gasteiger partial charge in [0, 0.05) is 17.1 Å². The van der Waals surface area contributed by atoms with Crippen molar-refractivity contribution >= 4 is 21.6 Å². The fourth-order valence-corrected chi connectivity index (χ4v) is 3.45. The van der Waals surface area contributed by atoms with Crippen LogP contribution < -0.4 is 0 Å². The minimum absolute atomic E-state index is 0.0882. The van der Waals surface area contributed by atoms with Gasteiger partial charge >= 0.3 is 0 Å². The van der Waals surface area contributed by atoms with Crippen molar-refractivity contribution in [2.45, 2.75) is 11.8 Å². The van der Waals surface area contributed by atoms with E-state index in [0.29, 0.717) is 5.02 Å². The Morgan fingerprint density at radius 2 is 1.75 bits per heavy atom. The topological polar surface area (TPSA) is 37.4 Å². The average molecular weight is 360 g/mol. The Kier molecular flexibility index (Phi) is 6.22. The molecule has 5 heteroatoms. The normalized spacial score (nSPS) is 11.0. The van der Waals surface area contributed by atoms with E-state index in [0.717, 1.165) is 11.1 Å². The van der Waals surface area contributed by atoms with Gasteiger partial charge in [0.05, 0.1) is 11.4 Å². The Morgan fingerprint density at radius 1 is 1.12 bits per heavy atom. The molecule has 0 saturated heterocycles. The third-order valence-corrected chi connectivity index (χ3v) is 5.40. The van der Waals surface area contributed by atoms with Gasteiger partial charge in [-0.25, -0.2) is 8.42 Å². The Labute approximate surface area is 148 Å². The molecule has 0 bridgehead atoms. The Bertz CT molecular complexity index is 860. The molecule has 2 rings (SSSR count). The van der Waals surface area contributed by atoms with Gasteiger partial charge in [0.15, 0.2) is 0 Å². The van der Waals surface area contributed by atoms with Crippen LogP contribution in [-0.4, -0.2) is 25.8 Å². The van der Waals surface area contributed by atoms with Crippen LogP contribution in [0.2, 0.25) is 5.02 Å². The smallest absolute Gasteiger partial charge is 0.207 e. The summed E-state index contributed by atoms with van der Waals surface area (Å²) in [5, 5.41) is 0.635. The number of hydrogen-bond acceptors (Lipinski definition) is 2. The number of rotatable bonds is 5. The van der Waals surface area contributed by atoms with Crippen LogP contribution in [-0.2, 0) is 10.0 Å². The highest BCUT2D eigenvalue weighted by Gasteiger charge is 2.22. The third-order valence-electron chi connectivity index (χ3n) is 3.32. The van der Waals surface area contributed by atoms with Gasteiger partial charge < -0.3 is 0 Å². The molecule has 3 nitrogen and oxygen atoms in total. The molecule has 0 radical (unpaired) electrons. The lowest BCUT2D eigenvalue weighted by atomic mass is 10.2. The van der Waals surface area contributed by atoms with Crippen molar-refractivity contribution in [3.05, 3.63) is 77.3 Å². The van der Waals surface area contributed by atoms with Gasteiger partial charge in [0.1, 0.15) is 0 Å². The first-order valence-electron chi connectivity index (χ1n) is 7.35. The van der Waals surface area contributed by atoms with E-state index < -0.39 is 10.0 Å². The monoisotopic (exact) mass is 359 g/mol. The zero-order valence-electron chi connectivity index (χ0n) is 13.4. The first kappa shape index (κ1) is 18.3. The molecular formula is C19H18ClNO2S. The van der Waals surface area contributed by atoms with E-state index in [4.69, 9.17) is 11.6 Å². The molecule has 0 amide bonds. The maximum atomic E-state index is 12.7. The fraction of sp³-hybridized carbons (Fsp3) is 0.158. The van der Waals surface area contributed by atoms with Gasteiger partial charge in [-0.05, 0) is 43.3 Å². The second kappa shape index (κ2) is 8.16. The lowest BCUT2D eigenvalue weighted by Crippen LogP contribution is -2.31. The maximum Gasteiger partial charge on any atom is 0.244 e. The summed E-state index contributed by atoms with van der Waals surface area (Å²) in [6.07, 6.45) is 1.55. The predicted molar refractivity (Wildman–Crippen MR) is 98.5 cm³/mol. The van der Waals surface area contributed by atoms with Crippen LogP contribution in [0.3, 0.4) is 0 Å². The predicted octanol–water partition coefficient (Wildman–Crippen LogP) is 3.88. The van der Waals surface area contributed by atoms with E-state index in [2.05, 4.69) is 18.4 Å². The highest BCUT2D eigenvalue weighted by Crippen LogP contribution is 2.16. The molecule has 0 aliphatic carbocycles. The molecule has 0 aliphatic rings. The molecule has 0 aliphatic heterocycles. The Balaban J connectivity index is 2.21. The molecule has 124 valence electrons. The minimum Gasteiger partial charge on any atom is -0.207 e. The summed E-state index contributed by atoms with van der Waals surface area (Å²) in [5.74, 6) is 5.84. The van der Waals surface area contributed by atoms with Crippen LogP contribution in [0.15, 0.2) is 66.1 Å². The fourth-order valence-electron chi connectivity index (χ4n) is 2.01. The summed E-state index contributed by atoms with van der Waals surface area (Å²) in [7, 11) is -3.60. The van der Waals surface area contributed by atoms with Gasteiger partial charge in [-0.15, -0.1) is 6.58 Å². The summed E-state index contributed by atoms with van der Waals surface area (Å²) >= 11 is 5.83. The molecule has 0 saturated carbocycles. The molecule has 0 aromatic heterocycles. The SMILES string of the molecule is C=CCN(CC#Cc1ccc(Cl)cc1)S(=O)(=O)c1ccc(C)cc1. The van der Waals surface area contributed by atoms with Crippen molar-refractivity contribution in [1.29, 1.82) is 0 Å². The average Bonchev–Trinajstić information content (AvgIpc) is 2.56. The molecule has 2 aromatic carbocycles. The van der Waals surface area contributed by atoms with Gasteiger partial charge in [-0.1, -0.05) is 47.2 Å². The number of benzene rings is 2. The quantitative estimate of drug-likeness (QED) is 0.600. The molecule has 0 fully saturated rings. The van der Waals surface area contributed by atoms with E-state index in [9.17, 15) is 8.42 Å². The minimum atomic E-state index is -3.60. The second-order valence-corrected chi connectivity index (χ2v) is 7.58. The zero-order chi connectivity index (χ0) is 17.6. The summed E-state index contributed by atoms with van der Waals surface area (Å²) in [6, 6.07) is 13.8. The van der Waals surface area contributed by atoms with Gasteiger partial charge in [-0.3, -0.25) is 0 Å². The highest BCUT2D eigenvalue weighted by molar-refractivity contribution is 7.89. The third kappa shape index (κ3) is 4.72. The van der Waals surface area contributed by atoms with Crippen molar-refractivity contribution in [3.8, 4) is 11.8 Å². The van der Waals surface area contributed by atoms with Gasteiger partial charge in [-0.2, -0.15) is 4.31 Å². The number of aryl methyl sites for hydroxylation is 1.